The van der Waals surface area contributed by atoms with Crippen molar-refractivity contribution >= 4 is 23.6 Å². The molecule has 2 amide bonds. The van der Waals surface area contributed by atoms with E-state index in [0.717, 1.165) is 5.56 Å². The number of rotatable bonds is 3. The first-order chi connectivity index (χ1) is 10.1. The summed E-state index contributed by atoms with van der Waals surface area (Å²) >= 11 is 5.72. The zero-order valence-electron chi connectivity index (χ0n) is 11.0. The number of carbonyl (C=O) groups excluding carboxylic acids is 2. The molecule has 2 aromatic rings. The SMILES string of the molecule is O=C(NNC(=O)c1ccc(Cl)cc1)OCc1ccccc1. The van der Waals surface area contributed by atoms with Gasteiger partial charge in [-0.3, -0.25) is 10.2 Å². The standard InChI is InChI=1S/C15H13ClN2O3/c16-13-8-6-12(7-9-13)14(19)17-18-15(20)21-10-11-4-2-1-3-5-11/h1-9H,10H2,(H,17,19)(H,18,20). The van der Waals surface area contributed by atoms with E-state index < -0.39 is 12.0 Å². The van der Waals surface area contributed by atoms with Gasteiger partial charge in [0.2, 0.25) is 0 Å². The maximum absolute atomic E-state index is 11.7. The molecule has 2 rings (SSSR count). The fraction of sp³-hybridized carbons (Fsp3) is 0.0667. The number of nitrogens with one attached hydrogen (secondary N) is 2. The van der Waals surface area contributed by atoms with Gasteiger partial charge in [-0.15, -0.1) is 0 Å². The molecule has 2 aromatic carbocycles. The van der Waals surface area contributed by atoms with Crippen molar-refractivity contribution in [2.24, 2.45) is 0 Å². The zero-order chi connectivity index (χ0) is 15.1. The number of ether oxygens (including phenoxy) is 1. The van der Waals surface area contributed by atoms with Crippen LogP contribution < -0.4 is 10.9 Å². The summed E-state index contributed by atoms with van der Waals surface area (Å²) in [7, 11) is 0. The molecule has 6 heteroatoms. The zero-order valence-corrected chi connectivity index (χ0v) is 11.8. The molecule has 0 spiro atoms. The summed E-state index contributed by atoms with van der Waals surface area (Å²) in [5.74, 6) is -0.455. The monoisotopic (exact) mass is 304 g/mol. The van der Waals surface area contributed by atoms with Crippen molar-refractivity contribution in [3.8, 4) is 0 Å². The van der Waals surface area contributed by atoms with Gasteiger partial charge in [0.25, 0.3) is 5.91 Å². The van der Waals surface area contributed by atoms with Gasteiger partial charge in [0.05, 0.1) is 0 Å². The Morgan fingerprint density at radius 1 is 0.952 bits per heavy atom. The van der Waals surface area contributed by atoms with Gasteiger partial charge in [0, 0.05) is 10.6 Å². The number of amides is 2. The summed E-state index contributed by atoms with van der Waals surface area (Å²) in [6.45, 7) is 0.128. The molecule has 0 aliphatic rings. The van der Waals surface area contributed by atoms with Crippen LogP contribution in [0.3, 0.4) is 0 Å². The van der Waals surface area contributed by atoms with Gasteiger partial charge in [-0.2, -0.15) is 0 Å². The Bertz CT molecular complexity index is 615. The van der Waals surface area contributed by atoms with Crippen molar-refractivity contribution in [1.29, 1.82) is 0 Å². The predicted molar refractivity (Wildman–Crippen MR) is 78.7 cm³/mol. The highest BCUT2D eigenvalue weighted by Gasteiger charge is 2.07. The summed E-state index contributed by atoms with van der Waals surface area (Å²) in [6, 6.07) is 15.5. The van der Waals surface area contributed by atoms with Crippen molar-refractivity contribution in [2.75, 3.05) is 0 Å². The lowest BCUT2D eigenvalue weighted by atomic mass is 10.2. The Kier molecular flexibility index (Phi) is 5.17. The maximum atomic E-state index is 11.7. The van der Waals surface area contributed by atoms with Gasteiger partial charge < -0.3 is 4.74 Å². The van der Waals surface area contributed by atoms with E-state index in [4.69, 9.17) is 16.3 Å². The van der Waals surface area contributed by atoms with Crippen LogP contribution in [-0.4, -0.2) is 12.0 Å². The van der Waals surface area contributed by atoms with Gasteiger partial charge in [-0.1, -0.05) is 41.9 Å². The molecule has 0 bridgehead atoms. The molecule has 0 aliphatic carbocycles. The average molecular weight is 305 g/mol. The van der Waals surface area contributed by atoms with Crippen molar-refractivity contribution in [3.05, 3.63) is 70.7 Å². The molecule has 0 saturated heterocycles. The van der Waals surface area contributed by atoms with E-state index in [1.807, 2.05) is 30.3 Å². The summed E-state index contributed by atoms with van der Waals surface area (Å²) in [4.78, 5) is 23.1. The number of hydrazine groups is 1. The largest absolute Gasteiger partial charge is 0.443 e. The van der Waals surface area contributed by atoms with Crippen LogP contribution in [0.1, 0.15) is 15.9 Å². The average Bonchev–Trinajstić information content (AvgIpc) is 2.52. The quantitative estimate of drug-likeness (QED) is 0.857. The topological polar surface area (TPSA) is 67.4 Å². The molecule has 0 heterocycles. The van der Waals surface area contributed by atoms with Crippen LogP contribution in [0.4, 0.5) is 4.79 Å². The predicted octanol–water partition coefficient (Wildman–Crippen LogP) is 2.91. The highest BCUT2D eigenvalue weighted by atomic mass is 35.5. The van der Waals surface area contributed by atoms with Crippen molar-refractivity contribution in [3.63, 3.8) is 0 Å². The number of benzene rings is 2. The number of halogens is 1. The molecule has 0 saturated carbocycles. The van der Waals surface area contributed by atoms with Gasteiger partial charge in [0.15, 0.2) is 0 Å². The molecular formula is C15H13ClN2O3. The Hall–Kier alpha value is -2.53. The van der Waals surface area contributed by atoms with Crippen molar-refractivity contribution in [2.45, 2.75) is 6.61 Å². The third-order valence-corrected chi connectivity index (χ3v) is 2.85. The lowest BCUT2D eigenvalue weighted by Crippen LogP contribution is -2.41. The Balaban J connectivity index is 1.76. The van der Waals surface area contributed by atoms with Gasteiger partial charge in [-0.25, -0.2) is 10.2 Å². The van der Waals surface area contributed by atoms with Gasteiger partial charge in [-0.05, 0) is 29.8 Å². The lowest BCUT2D eigenvalue weighted by Gasteiger charge is -2.08. The molecule has 0 aromatic heterocycles. The third kappa shape index (κ3) is 4.81. The molecular weight excluding hydrogens is 292 g/mol. The number of hydrogen-bond donors (Lipinski definition) is 2. The van der Waals surface area contributed by atoms with Crippen LogP contribution in [-0.2, 0) is 11.3 Å². The van der Waals surface area contributed by atoms with Crippen molar-refractivity contribution < 1.29 is 14.3 Å². The van der Waals surface area contributed by atoms with Crippen LogP contribution >= 0.6 is 11.6 Å². The maximum Gasteiger partial charge on any atom is 0.426 e. The molecule has 0 aliphatic heterocycles. The van der Waals surface area contributed by atoms with E-state index in [2.05, 4.69) is 10.9 Å². The molecule has 0 unspecified atom stereocenters. The third-order valence-electron chi connectivity index (χ3n) is 2.60. The minimum absolute atomic E-state index is 0.128. The minimum atomic E-state index is -0.735. The minimum Gasteiger partial charge on any atom is -0.443 e. The molecule has 0 fully saturated rings. The van der Waals surface area contributed by atoms with E-state index >= 15 is 0 Å². The molecule has 5 nitrogen and oxygen atoms in total. The highest BCUT2D eigenvalue weighted by molar-refractivity contribution is 6.30. The first-order valence-electron chi connectivity index (χ1n) is 6.18. The smallest absolute Gasteiger partial charge is 0.426 e. The van der Waals surface area contributed by atoms with E-state index in [1.54, 1.807) is 24.3 Å². The fourth-order valence-electron chi connectivity index (χ4n) is 1.54. The van der Waals surface area contributed by atoms with E-state index in [0.29, 0.717) is 10.6 Å². The van der Waals surface area contributed by atoms with Crippen LogP contribution in [0, 0.1) is 0 Å². The van der Waals surface area contributed by atoms with Crippen LogP contribution in [0.25, 0.3) is 0 Å². The normalized spacial score (nSPS) is 9.76. The molecule has 21 heavy (non-hydrogen) atoms. The second-order valence-corrected chi connectivity index (χ2v) is 4.58. The highest BCUT2D eigenvalue weighted by Crippen LogP contribution is 2.09. The van der Waals surface area contributed by atoms with Crippen LogP contribution in [0.15, 0.2) is 54.6 Å². The second-order valence-electron chi connectivity index (χ2n) is 4.15. The Morgan fingerprint density at radius 2 is 1.62 bits per heavy atom. The van der Waals surface area contributed by atoms with Crippen LogP contribution in [0.2, 0.25) is 5.02 Å². The van der Waals surface area contributed by atoms with E-state index in [9.17, 15) is 9.59 Å². The Labute approximate surface area is 126 Å². The Morgan fingerprint density at radius 3 is 2.29 bits per heavy atom. The molecule has 0 radical (unpaired) electrons. The van der Waals surface area contributed by atoms with E-state index in [-0.39, 0.29) is 6.61 Å². The summed E-state index contributed by atoms with van der Waals surface area (Å²) < 4.78 is 4.95. The van der Waals surface area contributed by atoms with Crippen molar-refractivity contribution in [1.82, 2.24) is 10.9 Å². The second kappa shape index (κ2) is 7.31. The van der Waals surface area contributed by atoms with Crippen LogP contribution in [0.5, 0.6) is 0 Å². The molecule has 108 valence electrons. The fourth-order valence-corrected chi connectivity index (χ4v) is 1.67. The molecule has 0 atom stereocenters. The summed E-state index contributed by atoms with van der Waals surface area (Å²) in [5.41, 5.74) is 5.66. The lowest BCUT2D eigenvalue weighted by molar-refractivity contribution is 0.0905. The first kappa shape index (κ1) is 14.9. The van der Waals surface area contributed by atoms with Gasteiger partial charge >= 0.3 is 6.09 Å². The first-order valence-corrected chi connectivity index (χ1v) is 6.55. The number of hydrogen-bond acceptors (Lipinski definition) is 3. The van der Waals surface area contributed by atoms with E-state index in [1.165, 1.54) is 0 Å². The summed E-state index contributed by atoms with van der Waals surface area (Å²) in [5, 5.41) is 0.529. The van der Waals surface area contributed by atoms with Gasteiger partial charge in [0.1, 0.15) is 6.61 Å². The number of carbonyl (C=O) groups is 2. The molecule has 2 N–H and O–H groups in total. The summed E-state index contributed by atoms with van der Waals surface area (Å²) in [6.07, 6.45) is -0.735.